The van der Waals surface area contributed by atoms with Crippen molar-refractivity contribution >= 4 is 5.97 Å². The second-order valence-corrected chi connectivity index (χ2v) is 11.1. The van der Waals surface area contributed by atoms with Crippen LogP contribution in [0.1, 0.15) is 65.7 Å². The monoisotopic (exact) mass is 452 g/mol. The molecule has 0 aromatic rings. The number of fused-ring (bicyclic) bond motifs is 1. The van der Waals surface area contributed by atoms with Crippen LogP contribution in [0.4, 0.5) is 0 Å². The highest BCUT2D eigenvalue weighted by atomic mass is 16.5. The molecule has 33 heavy (non-hydrogen) atoms. The SMILES string of the molecule is C=C1CC(/C=C/[C@@H](C)[C@H]2CC[C@H]3/C(=C/C=C4/C[C@@H](O)[C@H](C)[C@H](O)C4=C)CCC[C@]23C)OC1=O. The highest BCUT2D eigenvalue weighted by molar-refractivity contribution is 5.90. The van der Waals surface area contributed by atoms with E-state index >= 15 is 0 Å². The van der Waals surface area contributed by atoms with Crippen molar-refractivity contribution in [1.82, 2.24) is 0 Å². The van der Waals surface area contributed by atoms with Gasteiger partial charge < -0.3 is 14.9 Å². The average Bonchev–Trinajstić information content (AvgIpc) is 3.30. The van der Waals surface area contributed by atoms with Gasteiger partial charge in [-0.1, -0.05) is 57.7 Å². The Labute approximate surface area is 198 Å². The summed E-state index contributed by atoms with van der Waals surface area (Å²) in [6.07, 6.45) is 14.5. The molecular weight excluding hydrogens is 412 g/mol. The second kappa shape index (κ2) is 9.38. The molecule has 0 radical (unpaired) electrons. The van der Waals surface area contributed by atoms with Crippen molar-refractivity contribution in [3.63, 3.8) is 0 Å². The molecule has 180 valence electrons. The van der Waals surface area contributed by atoms with Crippen LogP contribution in [0, 0.1) is 29.1 Å². The van der Waals surface area contributed by atoms with Gasteiger partial charge in [0, 0.05) is 17.9 Å². The van der Waals surface area contributed by atoms with Gasteiger partial charge in [0.05, 0.1) is 12.2 Å². The van der Waals surface area contributed by atoms with Crippen molar-refractivity contribution in [3.05, 3.63) is 59.8 Å². The van der Waals surface area contributed by atoms with Crippen molar-refractivity contribution in [2.45, 2.75) is 84.0 Å². The molecule has 1 heterocycles. The lowest BCUT2D eigenvalue weighted by atomic mass is 9.61. The number of hydrogen-bond donors (Lipinski definition) is 2. The number of aliphatic hydroxyl groups is 2. The molecule has 1 unspecified atom stereocenters. The minimum Gasteiger partial charge on any atom is -0.454 e. The van der Waals surface area contributed by atoms with E-state index in [1.54, 1.807) is 0 Å². The van der Waals surface area contributed by atoms with Crippen LogP contribution < -0.4 is 0 Å². The molecule has 2 N–H and O–H groups in total. The second-order valence-electron chi connectivity index (χ2n) is 11.1. The molecule has 0 aromatic heterocycles. The zero-order chi connectivity index (χ0) is 23.9. The molecule has 8 atom stereocenters. The van der Waals surface area contributed by atoms with Crippen LogP contribution >= 0.6 is 0 Å². The van der Waals surface area contributed by atoms with Crippen LogP contribution in [0.15, 0.2) is 59.8 Å². The number of carbonyl (C=O) groups is 1. The maximum atomic E-state index is 11.6. The van der Waals surface area contributed by atoms with Gasteiger partial charge in [0.15, 0.2) is 0 Å². The number of ether oxygens (including phenoxy) is 1. The smallest absolute Gasteiger partial charge is 0.334 e. The Morgan fingerprint density at radius 2 is 1.94 bits per heavy atom. The fraction of sp³-hybridized carbons (Fsp3) is 0.621. The highest BCUT2D eigenvalue weighted by Crippen LogP contribution is 2.59. The third-order valence-corrected chi connectivity index (χ3v) is 9.10. The summed E-state index contributed by atoms with van der Waals surface area (Å²) < 4.78 is 5.37. The summed E-state index contributed by atoms with van der Waals surface area (Å²) in [6.45, 7) is 14.5. The van der Waals surface area contributed by atoms with Gasteiger partial charge in [-0.2, -0.15) is 0 Å². The number of rotatable bonds is 4. The van der Waals surface area contributed by atoms with Gasteiger partial charge >= 0.3 is 5.97 Å². The van der Waals surface area contributed by atoms with Crippen LogP contribution in [-0.2, 0) is 9.53 Å². The first-order valence-electron chi connectivity index (χ1n) is 12.6. The summed E-state index contributed by atoms with van der Waals surface area (Å²) in [7, 11) is 0. The number of cyclic esters (lactones) is 1. The molecule has 4 heteroatoms. The maximum absolute atomic E-state index is 11.6. The molecule has 0 spiro atoms. The Kier molecular flexibility index (Phi) is 6.89. The van der Waals surface area contributed by atoms with E-state index in [1.807, 2.05) is 6.92 Å². The van der Waals surface area contributed by atoms with Crippen molar-refractivity contribution in [1.29, 1.82) is 0 Å². The van der Waals surface area contributed by atoms with E-state index < -0.39 is 12.2 Å². The first kappa shape index (κ1) is 24.2. The van der Waals surface area contributed by atoms with Crippen LogP contribution in [0.2, 0.25) is 0 Å². The fourth-order valence-corrected chi connectivity index (χ4v) is 6.92. The van der Waals surface area contributed by atoms with E-state index in [0.717, 1.165) is 17.6 Å². The van der Waals surface area contributed by atoms with Gasteiger partial charge in [-0.25, -0.2) is 4.79 Å². The third kappa shape index (κ3) is 4.57. The van der Waals surface area contributed by atoms with Gasteiger partial charge in [-0.15, -0.1) is 0 Å². The van der Waals surface area contributed by atoms with Crippen LogP contribution in [0.3, 0.4) is 0 Å². The molecule has 3 aliphatic carbocycles. The van der Waals surface area contributed by atoms with Crippen LogP contribution in [0.25, 0.3) is 0 Å². The summed E-state index contributed by atoms with van der Waals surface area (Å²) in [5.74, 6) is 1.16. The Morgan fingerprint density at radius 3 is 2.64 bits per heavy atom. The molecule has 4 nitrogen and oxygen atoms in total. The zero-order valence-corrected chi connectivity index (χ0v) is 20.4. The summed E-state index contributed by atoms with van der Waals surface area (Å²) >= 11 is 0. The number of aliphatic hydroxyl groups excluding tert-OH is 2. The van der Waals surface area contributed by atoms with Gasteiger partial charge in [-0.3, -0.25) is 0 Å². The fourth-order valence-electron chi connectivity index (χ4n) is 6.92. The number of carbonyl (C=O) groups excluding carboxylic acids is 1. The highest BCUT2D eigenvalue weighted by Gasteiger charge is 2.50. The zero-order valence-electron chi connectivity index (χ0n) is 20.4. The quantitative estimate of drug-likeness (QED) is 0.339. The minimum absolute atomic E-state index is 0.164. The predicted molar refractivity (Wildman–Crippen MR) is 131 cm³/mol. The summed E-state index contributed by atoms with van der Waals surface area (Å²) in [5, 5.41) is 20.7. The van der Waals surface area contributed by atoms with Gasteiger partial charge in [0.2, 0.25) is 0 Å². The van der Waals surface area contributed by atoms with E-state index in [9.17, 15) is 15.0 Å². The molecule has 4 aliphatic rings. The van der Waals surface area contributed by atoms with E-state index in [-0.39, 0.29) is 23.4 Å². The van der Waals surface area contributed by atoms with Crippen LogP contribution in [0.5, 0.6) is 0 Å². The predicted octanol–water partition coefficient (Wildman–Crippen LogP) is 5.44. The lowest BCUT2D eigenvalue weighted by Crippen LogP contribution is -2.36. The maximum Gasteiger partial charge on any atom is 0.334 e. The lowest BCUT2D eigenvalue weighted by molar-refractivity contribution is -0.137. The molecular formula is C29H40O4. The molecule has 0 bridgehead atoms. The number of esters is 1. The average molecular weight is 453 g/mol. The van der Waals surface area contributed by atoms with Crippen molar-refractivity contribution in [2.24, 2.45) is 29.1 Å². The molecule has 1 saturated heterocycles. The molecule has 1 aliphatic heterocycles. The number of hydrogen-bond acceptors (Lipinski definition) is 4. The van der Waals surface area contributed by atoms with Gasteiger partial charge in [-0.05, 0) is 78.9 Å². The number of allylic oxidation sites excluding steroid dienone is 4. The van der Waals surface area contributed by atoms with Crippen molar-refractivity contribution in [3.8, 4) is 0 Å². The third-order valence-electron chi connectivity index (χ3n) is 9.10. The van der Waals surface area contributed by atoms with Gasteiger partial charge in [0.1, 0.15) is 6.10 Å². The Hall–Kier alpha value is -1.91. The minimum atomic E-state index is -0.671. The summed E-state index contributed by atoms with van der Waals surface area (Å²) in [5.41, 5.74) is 4.07. The van der Waals surface area contributed by atoms with Gasteiger partial charge in [0.25, 0.3) is 0 Å². The first-order valence-corrected chi connectivity index (χ1v) is 12.6. The molecule has 0 aromatic carbocycles. The normalized spacial score (nSPS) is 42.9. The topological polar surface area (TPSA) is 66.8 Å². The Balaban J connectivity index is 1.48. The van der Waals surface area contributed by atoms with Crippen LogP contribution in [-0.4, -0.2) is 34.5 Å². The first-order chi connectivity index (χ1) is 15.6. The molecule has 4 rings (SSSR count). The molecule has 3 saturated carbocycles. The van der Waals surface area contributed by atoms with E-state index in [4.69, 9.17) is 4.74 Å². The van der Waals surface area contributed by atoms with Crippen molar-refractivity contribution < 1.29 is 19.7 Å². The van der Waals surface area contributed by atoms with E-state index in [2.05, 4.69) is 51.3 Å². The largest absolute Gasteiger partial charge is 0.454 e. The summed E-state index contributed by atoms with van der Waals surface area (Å²) in [6, 6.07) is 0. The summed E-state index contributed by atoms with van der Waals surface area (Å²) in [4.78, 5) is 11.6. The molecule has 0 amide bonds. The lowest BCUT2D eigenvalue weighted by Gasteiger charge is -2.44. The van der Waals surface area contributed by atoms with E-state index in [0.29, 0.717) is 36.2 Å². The standard InChI is InChI=1S/C29H40O4/c1-17(8-11-23-15-18(2)28(32)33-23)24-12-13-25-21(7-6-14-29(24,25)5)9-10-22-16-26(30)20(4)27(31)19(22)3/h8-11,17,20,23-27,30-31H,2-3,6-7,12-16H2,1,4-5H3/b11-8+,21-9+,22-10-/t17-,20+,23?,24-,25+,26-,27-,29-/m1/s1. The van der Waals surface area contributed by atoms with E-state index in [1.165, 1.54) is 31.3 Å². The molecule has 4 fully saturated rings. The Morgan fingerprint density at radius 1 is 1.18 bits per heavy atom. The Bertz CT molecular complexity index is 893. The van der Waals surface area contributed by atoms with Crippen molar-refractivity contribution in [2.75, 3.05) is 0 Å².